The summed E-state index contributed by atoms with van der Waals surface area (Å²) in [6.07, 6.45) is 0.332. The summed E-state index contributed by atoms with van der Waals surface area (Å²) in [7, 11) is -1.86. The Labute approximate surface area is 229 Å². The lowest BCUT2D eigenvalue weighted by Crippen LogP contribution is -2.59. The molecule has 2 aromatic heterocycles. The normalized spacial score (nSPS) is 21.2. The molecule has 3 aromatic rings. The molecule has 11 nitrogen and oxygen atoms in total. The van der Waals surface area contributed by atoms with Crippen LogP contribution in [0.1, 0.15) is 20.4 Å². The predicted molar refractivity (Wildman–Crippen MR) is 142 cm³/mol. The Morgan fingerprint density at radius 1 is 1.24 bits per heavy atom. The summed E-state index contributed by atoms with van der Waals surface area (Å²) >= 11 is 7.48. The number of fused-ring (bicyclic) bond motifs is 2. The van der Waals surface area contributed by atoms with E-state index in [1.165, 1.54) is 20.5 Å². The van der Waals surface area contributed by atoms with Gasteiger partial charge in [-0.05, 0) is 31.3 Å². The molecule has 6 rings (SSSR count). The lowest BCUT2D eigenvalue weighted by atomic mass is 10.1. The molecule has 38 heavy (non-hydrogen) atoms. The van der Waals surface area contributed by atoms with Crippen molar-refractivity contribution in [2.45, 2.75) is 24.0 Å². The van der Waals surface area contributed by atoms with Gasteiger partial charge in [0.1, 0.15) is 11.6 Å². The van der Waals surface area contributed by atoms with Gasteiger partial charge in [0.25, 0.3) is 15.9 Å². The van der Waals surface area contributed by atoms with Gasteiger partial charge >= 0.3 is 6.09 Å². The van der Waals surface area contributed by atoms with E-state index in [0.717, 1.165) is 30.1 Å². The third kappa shape index (κ3) is 4.66. The third-order valence-corrected chi connectivity index (χ3v) is 10.4. The Kier molecular flexibility index (Phi) is 6.59. The largest absolute Gasteiger partial charge is 0.448 e. The number of nitrogens with zero attached hydrogens (tertiary/aromatic N) is 5. The maximum Gasteiger partial charge on any atom is 0.410 e. The fourth-order valence-electron chi connectivity index (χ4n) is 5.21. The number of aromatic amines is 1. The van der Waals surface area contributed by atoms with Gasteiger partial charge in [-0.2, -0.15) is 4.31 Å². The van der Waals surface area contributed by atoms with Crippen LogP contribution in [0.15, 0.2) is 29.3 Å². The molecule has 1 aromatic carbocycles. The zero-order valence-corrected chi connectivity index (χ0v) is 23.1. The molecule has 0 spiro atoms. The SMILES string of the molecule is CN1CCc2nc(C(=O)N3CCN(S(=O)(=O)c4cc5cc(Cl)ccc5[nH]4)CC3CN3CCOC3=O)sc2C1. The Bertz CT molecular complexity index is 1520. The van der Waals surface area contributed by atoms with E-state index in [4.69, 9.17) is 16.3 Å². The number of nitrogens with one attached hydrogen (secondary N) is 1. The van der Waals surface area contributed by atoms with Gasteiger partial charge in [-0.3, -0.25) is 4.79 Å². The van der Waals surface area contributed by atoms with E-state index < -0.39 is 22.2 Å². The highest BCUT2D eigenvalue weighted by Crippen LogP contribution is 2.29. The number of halogens is 1. The van der Waals surface area contributed by atoms with Crippen LogP contribution in [-0.2, 0) is 27.7 Å². The van der Waals surface area contributed by atoms with E-state index in [-0.39, 0.29) is 43.7 Å². The number of carbonyl (C=O) groups is 2. The molecule has 0 saturated carbocycles. The number of hydrogen-bond donors (Lipinski definition) is 1. The predicted octanol–water partition coefficient (Wildman–Crippen LogP) is 2.23. The van der Waals surface area contributed by atoms with E-state index in [9.17, 15) is 18.0 Å². The van der Waals surface area contributed by atoms with Crippen LogP contribution in [0.5, 0.6) is 0 Å². The number of hydrogen-bond acceptors (Lipinski definition) is 8. The molecule has 3 aliphatic rings. The van der Waals surface area contributed by atoms with Crippen LogP contribution in [0.4, 0.5) is 4.79 Å². The number of H-pyrrole nitrogens is 1. The van der Waals surface area contributed by atoms with Crippen molar-refractivity contribution in [1.82, 2.24) is 29.0 Å². The first-order chi connectivity index (χ1) is 18.2. The summed E-state index contributed by atoms with van der Waals surface area (Å²) < 4.78 is 33.7. The van der Waals surface area contributed by atoms with Crippen molar-refractivity contribution in [2.75, 3.05) is 52.9 Å². The molecule has 3 aliphatic heterocycles. The molecule has 202 valence electrons. The fraction of sp³-hybridized carbons (Fsp3) is 0.458. The van der Waals surface area contributed by atoms with E-state index >= 15 is 0 Å². The highest BCUT2D eigenvalue weighted by molar-refractivity contribution is 7.89. The van der Waals surface area contributed by atoms with Crippen molar-refractivity contribution >= 4 is 55.9 Å². The average molecular weight is 579 g/mol. The Morgan fingerprint density at radius 2 is 2.08 bits per heavy atom. The fourth-order valence-corrected chi connectivity index (χ4v) is 8.02. The Morgan fingerprint density at radius 3 is 2.87 bits per heavy atom. The van der Waals surface area contributed by atoms with Crippen LogP contribution in [0, 0.1) is 0 Å². The number of cyclic esters (lactones) is 1. The summed E-state index contributed by atoms with van der Waals surface area (Å²) in [6, 6.07) is 6.15. The summed E-state index contributed by atoms with van der Waals surface area (Å²) in [5, 5.41) is 1.67. The molecule has 1 atom stereocenters. The number of thiazole rings is 1. The summed E-state index contributed by atoms with van der Waals surface area (Å²) in [4.78, 5) is 40.0. The number of rotatable bonds is 5. The van der Waals surface area contributed by atoms with Gasteiger partial charge in [0.05, 0.1) is 18.3 Å². The molecule has 14 heteroatoms. The molecule has 1 unspecified atom stereocenters. The lowest BCUT2D eigenvalue weighted by Gasteiger charge is -2.41. The highest BCUT2D eigenvalue weighted by Gasteiger charge is 2.40. The molecule has 0 aliphatic carbocycles. The summed E-state index contributed by atoms with van der Waals surface area (Å²) in [6.45, 7) is 2.83. The van der Waals surface area contributed by atoms with E-state index in [0.29, 0.717) is 27.5 Å². The van der Waals surface area contributed by atoms with Gasteiger partial charge in [-0.25, -0.2) is 18.2 Å². The molecule has 0 radical (unpaired) electrons. The zero-order chi connectivity index (χ0) is 26.6. The van der Waals surface area contributed by atoms with Crippen LogP contribution >= 0.6 is 22.9 Å². The van der Waals surface area contributed by atoms with Crippen LogP contribution in [-0.4, -0.2) is 108 Å². The molecule has 2 saturated heterocycles. The second-order valence-electron chi connectivity index (χ2n) is 9.82. The molecular weight excluding hydrogens is 552 g/mol. The van der Waals surface area contributed by atoms with Gasteiger partial charge in [0, 0.05) is 66.5 Å². The number of piperazine rings is 1. The summed E-state index contributed by atoms with van der Waals surface area (Å²) in [5.41, 5.74) is 1.62. The second-order valence-corrected chi connectivity index (χ2v) is 13.2. The first-order valence-corrected chi connectivity index (χ1v) is 15.0. The smallest absolute Gasteiger partial charge is 0.410 e. The van der Waals surface area contributed by atoms with Gasteiger partial charge in [-0.15, -0.1) is 11.3 Å². The van der Waals surface area contributed by atoms with E-state index in [1.807, 2.05) is 7.05 Å². The Hall–Kier alpha value is -2.71. The first kappa shape index (κ1) is 25.6. The zero-order valence-electron chi connectivity index (χ0n) is 20.7. The molecule has 5 heterocycles. The van der Waals surface area contributed by atoms with Crippen molar-refractivity contribution in [3.8, 4) is 0 Å². The molecule has 2 fully saturated rings. The van der Waals surface area contributed by atoms with Gasteiger partial charge in [0.2, 0.25) is 0 Å². The third-order valence-electron chi connectivity index (χ3n) is 7.26. The topological polar surface area (TPSA) is 119 Å². The van der Waals surface area contributed by atoms with E-state index in [1.54, 1.807) is 29.2 Å². The van der Waals surface area contributed by atoms with Crippen LogP contribution in [0.2, 0.25) is 5.02 Å². The van der Waals surface area contributed by atoms with Gasteiger partial charge < -0.3 is 24.4 Å². The van der Waals surface area contributed by atoms with Crippen molar-refractivity contribution in [3.05, 3.63) is 44.9 Å². The minimum atomic E-state index is -3.90. The number of sulfonamides is 1. The lowest BCUT2D eigenvalue weighted by molar-refractivity contribution is 0.0512. The number of likely N-dealkylation sites (N-methyl/N-ethyl adjacent to an activating group) is 1. The minimum absolute atomic E-state index is 0.0435. The average Bonchev–Trinajstić information content (AvgIpc) is 3.61. The van der Waals surface area contributed by atoms with Crippen LogP contribution in [0.25, 0.3) is 10.9 Å². The number of ether oxygens (including phenoxy) is 1. The van der Waals surface area contributed by atoms with Crippen molar-refractivity contribution in [2.24, 2.45) is 0 Å². The van der Waals surface area contributed by atoms with Gasteiger partial charge in [-0.1, -0.05) is 11.6 Å². The van der Waals surface area contributed by atoms with Crippen molar-refractivity contribution < 1.29 is 22.7 Å². The first-order valence-electron chi connectivity index (χ1n) is 12.4. The number of carbonyl (C=O) groups excluding carboxylic acids is 2. The van der Waals surface area contributed by atoms with Crippen LogP contribution < -0.4 is 0 Å². The second kappa shape index (κ2) is 9.79. The number of amides is 2. The number of benzene rings is 1. The summed E-state index contributed by atoms with van der Waals surface area (Å²) in [5.74, 6) is -0.234. The standard InChI is InChI=1S/C24H27ClN6O5S2/c1-28-5-4-19-20(14-28)37-22(27-19)23(32)31-7-6-30(13-17(31)12-29-8-9-36-24(29)33)38(34,35)21-11-15-10-16(25)2-3-18(15)26-21/h2-3,10-11,17,26H,4-9,12-14H2,1H3. The quantitative estimate of drug-likeness (QED) is 0.493. The molecule has 2 amide bonds. The highest BCUT2D eigenvalue weighted by atomic mass is 35.5. The Balaban J connectivity index is 1.27. The number of aromatic nitrogens is 2. The van der Waals surface area contributed by atoms with E-state index in [2.05, 4.69) is 14.9 Å². The molecule has 0 bridgehead atoms. The molecular formula is C24H27ClN6O5S2. The van der Waals surface area contributed by atoms with Gasteiger partial charge in [0.15, 0.2) is 5.01 Å². The minimum Gasteiger partial charge on any atom is -0.448 e. The monoisotopic (exact) mass is 578 g/mol. The molecule has 1 N–H and O–H groups in total. The maximum absolute atomic E-state index is 13.7. The van der Waals surface area contributed by atoms with Crippen LogP contribution in [0.3, 0.4) is 0 Å². The maximum atomic E-state index is 13.7. The van der Waals surface area contributed by atoms with Crippen molar-refractivity contribution in [1.29, 1.82) is 0 Å². The van der Waals surface area contributed by atoms with Crippen molar-refractivity contribution in [3.63, 3.8) is 0 Å².